The fourth-order valence-electron chi connectivity index (χ4n) is 2.90. The molecule has 0 unspecified atom stereocenters. The lowest BCUT2D eigenvalue weighted by Crippen LogP contribution is -2.51. The van der Waals surface area contributed by atoms with E-state index in [9.17, 15) is 14.4 Å². The van der Waals surface area contributed by atoms with Gasteiger partial charge in [-0.3, -0.25) is 9.59 Å². The summed E-state index contributed by atoms with van der Waals surface area (Å²) in [4.78, 5) is 39.6. The number of anilines is 1. The zero-order valence-corrected chi connectivity index (χ0v) is 14.2. The molecule has 7 heteroatoms. The fourth-order valence-corrected chi connectivity index (χ4v) is 2.90. The van der Waals surface area contributed by atoms with Crippen molar-refractivity contribution >= 4 is 23.5 Å². The van der Waals surface area contributed by atoms with Gasteiger partial charge in [0, 0.05) is 50.7 Å². The third-order valence-corrected chi connectivity index (χ3v) is 4.53. The number of hydrogen-bond acceptors (Lipinski definition) is 3. The number of nitrogens with one attached hydrogen (secondary N) is 2. The standard InChI is InChI=1S/C18H24N4O3/c23-16(8-9-19-18(25)20-15-4-2-1-3-5-15)21-10-12-22(13-11-21)17(24)14-6-7-14/h1-5,14H,6-13H2,(H2,19,20,25). The topological polar surface area (TPSA) is 81.8 Å². The van der Waals surface area contributed by atoms with Crippen LogP contribution in [0.2, 0.25) is 0 Å². The second-order valence-electron chi connectivity index (χ2n) is 6.48. The van der Waals surface area contributed by atoms with Gasteiger partial charge in [-0.25, -0.2) is 4.79 Å². The van der Waals surface area contributed by atoms with Gasteiger partial charge in [0.15, 0.2) is 0 Å². The normalized spacial score (nSPS) is 17.1. The highest BCUT2D eigenvalue weighted by Crippen LogP contribution is 2.31. The molecule has 3 rings (SSSR count). The summed E-state index contributed by atoms with van der Waals surface area (Å²) >= 11 is 0. The smallest absolute Gasteiger partial charge is 0.319 e. The molecule has 25 heavy (non-hydrogen) atoms. The Balaban J connectivity index is 1.33. The zero-order chi connectivity index (χ0) is 17.6. The summed E-state index contributed by atoms with van der Waals surface area (Å²) in [6, 6.07) is 8.83. The molecule has 134 valence electrons. The van der Waals surface area contributed by atoms with E-state index in [1.165, 1.54) is 0 Å². The van der Waals surface area contributed by atoms with Crippen LogP contribution < -0.4 is 10.6 Å². The lowest BCUT2D eigenvalue weighted by atomic mass is 10.2. The van der Waals surface area contributed by atoms with Crippen LogP contribution >= 0.6 is 0 Å². The number of hydrogen-bond donors (Lipinski definition) is 2. The number of piperazine rings is 1. The highest BCUT2D eigenvalue weighted by Gasteiger charge is 2.35. The lowest BCUT2D eigenvalue weighted by molar-refractivity contribution is -0.140. The molecule has 1 aliphatic carbocycles. The Morgan fingerprint density at radius 1 is 0.960 bits per heavy atom. The van der Waals surface area contributed by atoms with Crippen LogP contribution in [0.25, 0.3) is 0 Å². The summed E-state index contributed by atoms with van der Waals surface area (Å²) in [6.45, 7) is 2.67. The molecule has 1 aliphatic heterocycles. The molecule has 1 saturated heterocycles. The van der Waals surface area contributed by atoms with Gasteiger partial charge in [-0.1, -0.05) is 18.2 Å². The van der Waals surface area contributed by atoms with Crippen LogP contribution in [0.1, 0.15) is 19.3 Å². The number of rotatable bonds is 5. The molecule has 0 spiro atoms. The minimum Gasteiger partial charge on any atom is -0.339 e. The van der Waals surface area contributed by atoms with Gasteiger partial charge in [-0.05, 0) is 25.0 Å². The monoisotopic (exact) mass is 344 g/mol. The molecule has 1 aromatic rings. The van der Waals surface area contributed by atoms with Crippen molar-refractivity contribution in [1.29, 1.82) is 0 Å². The van der Waals surface area contributed by atoms with Gasteiger partial charge in [-0.15, -0.1) is 0 Å². The molecule has 7 nitrogen and oxygen atoms in total. The highest BCUT2D eigenvalue weighted by atomic mass is 16.2. The van der Waals surface area contributed by atoms with E-state index in [0.717, 1.165) is 12.8 Å². The van der Waals surface area contributed by atoms with Crippen molar-refractivity contribution < 1.29 is 14.4 Å². The molecule has 2 fully saturated rings. The molecule has 2 aliphatic rings. The highest BCUT2D eigenvalue weighted by molar-refractivity contribution is 5.89. The Hall–Kier alpha value is -2.57. The fraction of sp³-hybridized carbons (Fsp3) is 0.500. The molecule has 1 aromatic carbocycles. The van der Waals surface area contributed by atoms with Crippen molar-refractivity contribution in [3.05, 3.63) is 30.3 Å². The molecule has 2 N–H and O–H groups in total. The van der Waals surface area contributed by atoms with E-state index in [0.29, 0.717) is 38.4 Å². The average Bonchev–Trinajstić information content (AvgIpc) is 3.47. The largest absolute Gasteiger partial charge is 0.339 e. The van der Waals surface area contributed by atoms with Crippen molar-refractivity contribution in [2.45, 2.75) is 19.3 Å². The third-order valence-electron chi connectivity index (χ3n) is 4.53. The van der Waals surface area contributed by atoms with Crippen LogP contribution in [-0.4, -0.2) is 60.4 Å². The van der Waals surface area contributed by atoms with E-state index in [2.05, 4.69) is 10.6 Å². The van der Waals surface area contributed by atoms with Crippen LogP contribution in [0.3, 0.4) is 0 Å². The van der Waals surface area contributed by atoms with Gasteiger partial charge < -0.3 is 20.4 Å². The first-order valence-electron chi connectivity index (χ1n) is 8.80. The molecule has 1 heterocycles. The summed E-state index contributed by atoms with van der Waals surface area (Å²) in [5.41, 5.74) is 0.711. The number of amides is 4. The van der Waals surface area contributed by atoms with Gasteiger partial charge in [0.2, 0.25) is 11.8 Å². The number of para-hydroxylation sites is 1. The first-order valence-corrected chi connectivity index (χ1v) is 8.80. The number of carbonyl (C=O) groups is 3. The van der Waals surface area contributed by atoms with Crippen molar-refractivity contribution in [2.24, 2.45) is 5.92 Å². The SMILES string of the molecule is O=C(NCCC(=O)N1CCN(C(=O)C2CC2)CC1)Nc1ccccc1. The Kier molecular flexibility index (Phi) is 5.53. The van der Waals surface area contributed by atoms with E-state index in [1.54, 1.807) is 17.0 Å². The quantitative estimate of drug-likeness (QED) is 0.844. The van der Waals surface area contributed by atoms with Crippen molar-refractivity contribution in [3.63, 3.8) is 0 Å². The van der Waals surface area contributed by atoms with Crippen molar-refractivity contribution in [1.82, 2.24) is 15.1 Å². The summed E-state index contributed by atoms with van der Waals surface area (Å²) in [7, 11) is 0. The number of carbonyl (C=O) groups excluding carboxylic acids is 3. The minimum absolute atomic E-state index is 0.0125. The predicted octanol–water partition coefficient (Wildman–Crippen LogP) is 1.28. The molecule has 0 radical (unpaired) electrons. The van der Waals surface area contributed by atoms with Gasteiger partial charge in [-0.2, -0.15) is 0 Å². The maximum absolute atomic E-state index is 12.2. The average molecular weight is 344 g/mol. The summed E-state index contributed by atoms with van der Waals surface area (Å²) in [5.74, 6) is 0.486. The second-order valence-corrected chi connectivity index (χ2v) is 6.48. The minimum atomic E-state index is -0.321. The first kappa shape index (κ1) is 17.3. The van der Waals surface area contributed by atoms with E-state index in [1.807, 2.05) is 23.1 Å². The summed E-state index contributed by atoms with van der Waals surface area (Å²) < 4.78 is 0. The van der Waals surface area contributed by atoms with Crippen molar-refractivity contribution in [2.75, 3.05) is 38.0 Å². The van der Waals surface area contributed by atoms with E-state index in [-0.39, 0.29) is 30.2 Å². The number of nitrogens with zero attached hydrogens (tertiary/aromatic N) is 2. The molecule has 0 aromatic heterocycles. The maximum Gasteiger partial charge on any atom is 0.319 e. The Morgan fingerprint density at radius 2 is 1.60 bits per heavy atom. The molecule has 0 bridgehead atoms. The van der Waals surface area contributed by atoms with Crippen LogP contribution in [0.5, 0.6) is 0 Å². The maximum atomic E-state index is 12.2. The van der Waals surface area contributed by atoms with E-state index < -0.39 is 0 Å². The number of benzene rings is 1. The zero-order valence-electron chi connectivity index (χ0n) is 14.2. The second kappa shape index (κ2) is 8.00. The van der Waals surface area contributed by atoms with Crippen LogP contribution in [0, 0.1) is 5.92 Å². The van der Waals surface area contributed by atoms with E-state index in [4.69, 9.17) is 0 Å². The molecule has 0 atom stereocenters. The Bertz CT molecular complexity index is 622. The Labute approximate surface area is 147 Å². The van der Waals surface area contributed by atoms with Crippen LogP contribution in [0.4, 0.5) is 10.5 Å². The Morgan fingerprint density at radius 3 is 2.24 bits per heavy atom. The summed E-state index contributed by atoms with van der Waals surface area (Å²) in [6.07, 6.45) is 2.28. The van der Waals surface area contributed by atoms with Crippen LogP contribution in [-0.2, 0) is 9.59 Å². The molecular weight excluding hydrogens is 320 g/mol. The van der Waals surface area contributed by atoms with Gasteiger partial charge >= 0.3 is 6.03 Å². The first-order chi connectivity index (χ1) is 12.1. The molecular formula is C18H24N4O3. The predicted molar refractivity (Wildman–Crippen MR) is 94.0 cm³/mol. The number of urea groups is 1. The van der Waals surface area contributed by atoms with Gasteiger partial charge in [0.05, 0.1) is 0 Å². The molecule has 4 amide bonds. The van der Waals surface area contributed by atoms with E-state index >= 15 is 0 Å². The van der Waals surface area contributed by atoms with Gasteiger partial charge in [0.25, 0.3) is 0 Å². The van der Waals surface area contributed by atoms with Crippen molar-refractivity contribution in [3.8, 4) is 0 Å². The lowest BCUT2D eigenvalue weighted by Gasteiger charge is -2.35. The molecule has 1 saturated carbocycles. The third kappa shape index (κ3) is 4.95. The van der Waals surface area contributed by atoms with Crippen LogP contribution in [0.15, 0.2) is 30.3 Å². The van der Waals surface area contributed by atoms with Gasteiger partial charge in [0.1, 0.15) is 0 Å². The summed E-state index contributed by atoms with van der Waals surface area (Å²) in [5, 5.41) is 5.40.